The lowest BCUT2D eigenvalue weighted by molar-refractivity contribution is 0.606. The zero-order chi connectivity index (χ0) is 14.7. The van der Waals surface area contributed by atoms with E-state index in [2.05, 4.69) is 69.6 Å². The number of nitrogens with one attached hydrogen (secondary N) is 1. The Morgan fingerprint density at radius 1 is 1.24 bits per heavy atom. The summed E-state index contributed by atoms with van der Waals surface area (Å²) in [6, 6.07) is 15.1. The summed E-state index contributed by atoms with van der Waals surface area (Å²) in [7, 11) is 0. The van der Waals surface area contributed by atoms with E-state index in [0.717, 1.165) is 18.5 Å². The van der Waals surface area contributed by atoms with Crippen LogP contribution in [-0.2, 0) is 0 Å². The van der Waals surface area contributed by atoms with Gasteiger partial charge in [0, 0.05) is 16.5 Å². The lowest BCUT2D eigenvalue weighted by Crippen LogP contribution is -2.22. The molecule has 0 radical (unpaired) electrons. The van der Waals surface area contributed by atoms with Crippen molar-refractivity contribution in [1.82, 2.24) is 10.3 Å². The number of fused-ring (bicyclic) bond motifs is 1. The predicted octanol–water partition coefficient (Wildman–Crippen LogP) is 5.15. The van der Waals surface area contributed by atoms with Gasteiger partial charge in [-0.1, -0.05) is 25.1 Å². The van der Waals surface area contributed by atoms with Gasteiger partial charge in [-0.3, -0.25) is 4.98 Å². The first-order valence-electron chi connectivity index (χ1n) is 7.11. The van der Waals surface area contributed by atoms with Crippen LogP contribution in [0.2, 0.25) is 0 Å². The van der Waals surface area contributed by atoms with Crippen molar-refractivity contribution < 1.29 is 0 Å². The number of hydrogen-bond acceptors (Lipinski definition) is 3. The van der Waals surface area contributed by atoms with Crippen molar-refractivity contribution in [2.45, 2.75) is 19.4 Å². The van der Waals surface area contributed by atoms with Crippen LogP contribution in [0.1, 0.15) is 29.8 Å². The Balaban J connectivity index is 2.00. The van der Waals surface area contributed by atoms with Crippen LogP contribution < -0.4 is 5.32 Å². The largest absolute Gasteiger partial charge is 0.306 e. The van der Waals surface area contributed by atoms with E-state index in [1.807, 2.05) is 12.3 Å². The Bertz CT molecular complexity index is 738. The summed E-state index contributed by atoms with van der Waals surface area (Å²) in [6.07, 6.45) is 2.97. The molecule has 3 rings (SSSR count). The first-order valence-corrected chi connectivity index (χ1v) is 8.72. The molecule has 0 spiro atoms. The van der Waals surface area contributed by atoms with E-state index in [0.29, 0.717) is 0 Å². The summed E-state index contributed by atoms with van der Waals surface area (Å²) < 4.78 is 1.17. The van der Waals surface area contributed by atoms with Crippen molar-refractivity contribution in [3.05, 3.63) is 62.9 Å². The maximum Gasteiger partial charge on any atom is 0.0705 e. The van der Waals surface area contributed by atoms with Gasteiger partial charge < -0.3 is 5.32 Å². The van der Waals surface area contributed by atoms with E-state index in [4.69, 9.17) is 0 Å². The molecule has 0 amide bonds. The second kappa shape index (κ2) is 6.69. The average molecular weight is 361 g/mol. The van der Waals surface area contributed by atoms with Gasteiger partial charge >= 0.3 is 0 Å². The molecule has 2 heterocycles. The topological polar surface area (TPSA) is 24.9 Å². The van der Waals surface area contributed by atoms with Crippen molar-refractivity contribution in [2.75, 3.05) is 6.54 Å². The number of aromatic nitrogens is 1. The fourth-order valence-corrected chi connectivity index (χ4v) is 3.95. The highest BCUT2D eigenvalue weighted by Crippen LogP contribution is 2.32. The van der Waals surface area contributed by atoms with Gasteiger partial charge in [-0.2, -0.15) is 0 Å². The molecular weight excluding hydrogens is 344 g/mol. The molecule has 2 nitrogen and oxygen atoms in total. The quantitative estimate of drug-likeness (QED) is 0.680. The van der Waals surface area contributed by atoms with Gasteiger partial charge in [0.05, 0.1) is 15.3 Å². The van der Waals surface area contributed by atoms with Crippen LogP contribution in [0.3, 0.4) is 0 Å². The number of pyridine rings is 1. The summed E-state index contributed by atoms with van der Waals surface area (Å²) in [5, 5.41) is 4.83. The molecule has 1 atom stereocenters. The van der Waals surface area contributed by atoms with Gasteiger partial charge in [-0.25, -0.2) is 0 Å². The van der Waals surface area contributed by atoms with Crippen LogP contribution in [0.25, 0.3) is 10.9 Å². The highest BCUT2D eigenvalue weighted by molar-refractivity contribution is 9.11. The van der Waals surface area contributed by atoms with Crippen LogP contribution in [0.15, 0.2) is 52.4 Å². The minimum absolute atomic E-state index is 0.229. The second-order valence-corrected chi connectivity index (χ2v) is 7.48. The molecule has 0 fully saturated rings. The van der Waals surface area contributed by atoms with Crippen molar-refractivity contribution in [3.63, 3.8) is 0 Å². The number of benzene rings is 1. The van der Waals surface area contributed by atoms with E-state index in [-0.39, 0.29) is 6.04 Å². The molecule has 0 aliphatic rings. The zero-order valence-corrected chi connectivity index (χ0v) is 14.2. The van der Waals surface area contributed by atoms with Crippen molar-refractivity contribution in [2.24, 2.45) is 0 Å². The van der Waals surface area contributed by atoms with Crippen LogP contribution >= 0.6 is 27.3 Å². The highest BCUT2D eigenvalue weighted by Gasteiger charge is 2.15. The number of nitrogens with zero attached hydrogens (tertiary/aromatic N) is 1. The fourth-order valence-electron chi connectivity index (χ4n) is 2.42. The fraction of sp³-hybridized carbons (Fsp3) is 0.235. The van der Waals surface area contributed by atoms with E-state index in [9.17, 15) is 0 Å². The lowest BCUT2D eigenvalue weighted by atomic mass is 10.0. The Morgan fingerprint density at radius 2 is 2.14 bits per heavy atom. The number of rotatable bonds is 5. The SMILES string of the molecule is CCCNC(c1ccc2cccnc2c1)c1ccc(Br)s1. The van der Waals surface area contributed by atoms with Crippen molar-refractivity contribution in [1.29, 1.82) is 0 Å². The molecule has 108 valence electrons. The third-order valence-corrected chi connectivity index (χ3v) is 5.13. The summed E-state index contributed by atoms with van der Waals surface area (Å²) >= 11 is 5.34. The van der Waals surface area contributed by atoms with Crippen molar-refractivity contribution >= 4 is 38.2 Å². The molecule has 0 bridgehead atoms. The highest BCUT2D eigenvalue weighted by atomic mass is 79.9. The molecule has 0 saturated heterocycles. The standard InChI is InChI=1S/C17H17BrN2S/c1-2-9-20-17(15-7-8-16(18)21-15)13-6-5-12-4-3-10-19-14(12)11-13/h3-8,10-11,17,20H,2,9H2,1H3. The molecule has 1 N–H and O–H groups in total. The first kappa shape index (κ1) is 14.7. The van der Waals surface area contributed by atoms with Gasteiger partial charge in [0.25, 0.3) is 0 Å². The maximum atomic E-state index is 4.47. The second-order valence-electron chi connectivity index (χ2n) is 4.98. The lowest BCUT2D eigenvalue weighted by Gasteiger charge is -2.18. The van der Waals surface area contributed by atoms with Crippen LogP contribution in [0.5, 0.6) is 0 Å². The maximum absolute atomic E-state index is 4.47. The number of halogens is 1. The van der Waals surface area contributed by atoms with Gasteiger partial charge in [-0.05, 0) is 58.7 Å². The third-order valence-electron chi connectivity index (χ3n) is 3.44. The predicted molar refractivity (Wildman–Crippen MR) is 93.9 cm³/mol. The summed E-state index contributed by atoms with van der Waals surface area (Å²) in [5.41, 5.74) is 2.32. The molecule has 1 unspecified atom stereocenters. The minimum atomic E-state index is 0.229. The summed E-state index contributed by atoms with van der Waals surface area (Å²) in [6.45, 7) is 3.19. The molecule has 0 aliphatic carbocycles. The minimum Gasteiger partial charge on any atom is -0.306 e. The van der Waals surface area contributed by atoms with Gasteiger partial charge in [0.15, 0.2) is 0 Å². The van der Waals surface area contributed by atoms with E-state index in [1.54, 1.807) is 11.3 Å². The first-order chi connectivity index (χ1) is 10.3. The molecule has 4 heteroatoms. The third kappa shape index (κ3) is 3.34. The smallest absolute Gasteiger partial charge is 0.0705 e. The molecular formula is C17H17BrN2S. The average Bonchev–Trinajstić information content (AvgIpc) is 2.94. The molecule has 2 aromatic heterocycles. The Labute approximate surface area is 137 Å². The number of thiophene rings is 1. The monoisotopic (exact) mass is 360 g/mol. The van der Waals surface area contributed by atoms with Gasteiger partial charge in [-0.15, -0.1) is 11.3 Å². The van der Waals surface area contributed by atoms with Crippen LogP contribution in [0, 0.1) is 0 Å². The Hall–Kier alpha value is -1.23. The molecule has 21 heavy (non-hydrogen) atoms. The summed E-state index contributed by atoms with van der Waals surface area (Å²) in [4.78, 5) is 5.79. The molecule has 0 saturated carbocycles. The van der Waals surface area contributed by atoms with E-state index in [1.165, 1.54) is 19.6 Å². The van der Waals surface area contributed by atoms with Crippen LogP contribution in [-0.4, -0.2) is 11.5 Å². The van der Waals surface area contributed by atoms with E-state index >= 15 is 0 Å². The summed E-state index contributed by atoms with van der Waals surface area (Å²) in [5.74, 6) is 0. The Morgan fingerprint density at radius 3 is 2.90 bits per heavy atom. The normalized spacial score (nSPS) is 12.7. The molecule has 0 aliphatic heterocycles. The zero-order valence-electron chi connectivity index (χ0n) is 11.8. The van der Waals surface area contributed by atoms with Crippen molar-refractivity contribution in [3.8, 4) is 0 Å². The molecule has 3 aromatic rings. The molecule has 1 aromatic carbocycles. The van der Waals surface area contributed by atoms with E-state index < -0.39 is 0 Å². The Kier molecular flexibility index (Phi) is 4.68. The van der Waals surface area contributed by atoms with Gasteiger partial charge in [0.2, 0.25) is 0 Å². The van der Waals surface area contributed by atoms with Gasteiger partial charge in [0.1, 0.15) is 0 Å². The van der Waals surface area contributed by atoms with Crippen LogP contribution in [0.4, 0.5) is 0 Å². The number of hydrogen-bond donors (Lipinski definition) is 1.